The van der Waals surface area contributed by atoms with Crippen LogP contribution in [0, 0.1) is 0 Å². The Kier molecular flexibility index (Phi) is 7.32. The van der Waals surface area contributed by atoms with Crippen LogP contribution < -0.4 is 5.32 Å². The number of benzene rings is 1. The number of amides is 2. The van der Waals surface area contributed by atoms with Gasteiger partial charge in [0, 0.05) is 57.6 Å². The van der Waals surface area contributed by atoms with Crippen LogP contribution in [-0.4, -0.2) is 84.9 Å². The molecule has 0 aliphatic carbocycles. The molecule has 1 aromatic carbocycles. The monoisotopic (exact) mass is 395 g/mol. The molecule has 7 heteroatoms. The molecule has 1 aromatic heterocycles. The summed E-state index contributed by atoms with van der Waals surface area (Å²) in [5, 5.41) is 2.86. The highest BCUT2D eigenvalue weighted by molar-refractivity contribution is 5.98. The fraction of sp³-hybridized carbons (Fsp3) is 0.409. The molecule has 1 saturated heterocycles. The summed E-state index contributed by atoms with van der Waals surface area (Å²) in [4.78, 5) is 35.5. The van der Waals surface area contributed by atoms with E-state index in [0.717, 1.165) is 26.2 Å². The molecule has 2 amide bonds. The summed E-state index contributed by atoms with van der Waals surface area (Å²) in [6.07, 6.45) is 1.53. The Labute approximate surface area is 172 Å². The zero-order valence-corrected chi connectivity index (χ0v) is 17.2. The van der Waals surface area contributed by atoms with Gasteiger partial charge in [-0.3, -0.25) is 19.5 Å². The molecule has 0 atom stereocenters. The normalized spacial score (nSPS) is 14.8. The third-order valence-electron chi connectivity index (χ3n) is 4.99. The van der Waals surface area contributed by atoms with E-state index in [1.54, 1.807) is 12.1 Å². The number of pyridine rings is 1. The summed E-state index contributed by atoms with van der Waals surface area (Å²) in [7, 11) is 3.91. The van der Waals surface area contributed by atoms with Crippen molar-refractivity contribution in [1.29, 1.82) is 0 Å². The van der Waals surface area contributed by atoms with Crippen LogP contribution in [0.4, 0.5) is 0 Å². The van der Waals surface area contributed by atoms with Gasteiger partial charge in [0.25, 0.3) is 11.8 Å². The number of nitrogens with zero attached hydrogens (tertiary/aromatic N) is 4. The number of likely N-dealkylation sites (N-methyl/N-ethyl adjacent to an activating group) is 1. The zero-order chi connectivity index (χ0) is 20.6. The quantitative estimate of drug-likeness (QED) is 0.766. The van der Waals surface area contributed by atoms with Crippen molar-refractivity contribution in [3.05, 3.63) is 65.5 Å². The highest BCUT2D eigenvalue weighted by Gasteiger charge is 2.23. The van der Waals surface area contributed by atoms with Gasteiger partial charge >= 0.3 is 0 Å². The van der Waals surface area contributed by atoms with Crippen LogP contribution in [0.25, 0.3) is 0 Å². The number of rotatable bonds is 7. The average Bonchev–Trinajstić information content (AvgIpc) is 2.74. The number of piperazine rings is 1. The van der Waals surface area contributed by atoms with Crippen LogP contribution in [0.5, 0.6) is 0 Å². The average molecular weight is 396 g/mol. The molecule has 1 aliphatic rings. The number of carbonyl (C=O) groups is 2. The number of hydrogen-bond donors (Lipinski definition) is 1. The maximum absolute atomic E-state index is 12.8. The van der Waals surface area contributed by atoms with E-state index in [2.05, 4.69) is 27.3 Å². The molecule has 0 spiro atoms. The fourth-order valence-corrected chi connectivity index (χ4v) is 3.30. The van der Waals surface area contributed by atoms with Crippen LogP contribution in [0.15, 0.2) is 48.7 Å². The van der Waals surface area contributed by atoms with Gasteiger partial charge in [-0.05, 0) is 31.8 Å². The minimum absolute atomic E-state index is 0.118. The third-order valence-corrected chi connectivity index (χ3v) is 4.99. The van der Waals surface area contributed by atoms with Gasteiger partial charge in [0.05, 0.1) is 0 Å². The molecule has 0 bridgehead atoms. The minimum atomic E-state index is -0.184. The van der Waals surface area contributed by atoms with Crippen molar-refractivity contribution in [2.45, 2.75) is 6.54 Å². The molecule has 1 fully saturated rings. The number of hydrogen-bond acceptors (Lipinski definition) is 5. The second-order valence-electron chi connectivity index (χ2n) is 7.54. The van der Waals surface area contributed by atoms with E-state index in [0.29, 0.717) is 30.9 Å². The zero-order valence-electron chi connectivity index (χ0n) is 17.2. The van der Waals surface area contributed by atoms with Crippen molar-refractivity contribution in [3.63, 3.8) is 0 Å². The lowest BCUT2D eigenvalue weighted by molar-refractivity contribution is 0.0622. The number of carbonyl (C=O) groups excluding carboxylic acids is 2. The largest absolute Gasteiger partial charge is 0.351 e. The molecular formula is C22H29N5O2. The molecular weight excluding hydrogens is 366 g/mol. The van der Waals surface area contributed by atoms with Gasteiger partial charge in [-0.15, -0.1) is 0 Å². The topological polar surface area (TPSA) is 68.8 Å². The van der Waals surface area contributed by atoms with Gasteiger partial charge in [-0.2, -0.15) is 0 Å². The first kappa shape index (κ1) is 21.0. The lowest BCUT2D eigenvalue weighted by Crippen LogP contribution is -2.48. The molecule has 7 nitrogen and oxygen atoms in total. The predicted octanol–water partition coefficient (Wildman–Crippen LogP) is 1.33. The summed E-state index contributed by atoms with van der Waals surface area (Å²) in [6, 6.07) is 13.6. The molecule has 0 saturated carbocycles. The Bertz CT molecular complexity index is 817. The van der Waals surface area contributed by atoms with Gasteiger partial charge < -0.3 is 15.1 Å². The summed E-state index contributed by atoms with van der Waals surface area (Å²) in [6.45, 7) is 5.18. The smallest absolute Gasteiger partial charge is 0.272 e. The van der Waals surface area contributed by atoms with Crippen molar-refractivity contribution in [3.8, 4) is 0 Å². The first-order chi connectivity index (χ1) is 14.0. The predicted molar refractivity (Wildman–Crippen MR) is 113 cm³/mol. The van der Waals surface area contributed by atoms with Crippen molar-refractivity contribution >= 4 is 11.8 Å². The molecule has 154 valence electrons. The van der Waals surface area contributed by atoms with E-state index in [1.807, 2.05) is 42.1 Å². The van der Waals surface area contributed by atoms with E-state index in [9.17, 15) is 9.59 Å². The van der Waals surface area contributed by atoms with Gasteiger partial charge in [0.2, 0.25) is 0 Å². The molecule has 29 heavy (non-hydrogen) atoms. The second-order valence-corrected chi connectivity index (χ2v) is 7.54. The van der Waals surface area contributed by atoms with Crippen LogP contribution >= 0.6 is 0 Å². The molecule has 0 radical (unpaired) electrons. The van der Waals surface area contributed by atoms with E-state index >= 15 is 0 Å². The molecule has 2 heterocycles. The van der Waals surface area contributed by atoms with E-state index < -0.39 is 0 Å². The molecule has 1 aliphatic heterocycles. The van der Waals surface area contributed by atoms with E-state index in [1.165, 1.54) is 11.8 Å². The molecule has 3 rings (SSSR count). The van der Waals surface area contributed by atoms with Crippen LogP contribution in [0.2, 0.25) is 0 Å². The maximum atomic E-state index is 12.8. The van der Waals surface area contributed by atoms with Crippen molar-refractivity contribution in [1.82, 2.24) is 25.0 Å². The summed E-state index contributed by atoms with van der Waals surface area (Å²) in [5.41, 5.74) is 2.06. The van der Waals surface area contributed by atoms with Crippen LogP contribution in [0.3, 0.4) is 0 Å². The Balaban J connectivity index is 1.53. The lowest BCUT2D eigenvalue weighted by Gasteiger charge is -2.34. The first-order valence-electron chi connectivity index (χ1n) is 9.97. The van der Waals surface area contributed by atoms with Crippen molar-refractivity contribution < 1.29 is 9.59 Å². The maximum Gasteiger partial charge on any atom is 0.272 e. The van der Waals surface area contributed by atoms with Crippen molar-refractivity contribution in [2.24, 2.45) is 0 Å². The Morgan fingerprint density at radius 2 is 1.79 bits per heavy atom. The highest BCUT2D eigenvalue weighted by atomic mass is 16.2. The third kappa shape index (κ3) is 6.10. The van der Waals surface area contributed by atoms with Crippen LogP contribution in [-0.2, 0) is 6.54 Å². The summed E-state index contributed by atoms with van der Waals surface area (Å²) < 4.78 is 0. The fourth-order valence-electron chi connectivity index (χ4n) is 3.30. The Morgan fingerprint density at radius 1 is 1.07 bits per heavy atom. The Hall–Kier alpha value is -2.77. The highest BCUT2D eigenvalue weighted by Crippen LogP contribution is 2.12. The summed E-state index contributed by atoms with van der Waals surface area (Å²) >= 11 is 0. The number of nitrogens with one attached hydrogen (secondary N) is 1. The minimum Gasteiger partial charge on any atom is -0.351 e. The van der Waals surface area contributed by atoms with E-state index in [-0.39, 0.29) is 11.8 Å². The van der Waals surface area contributed by atoms with Gasteiger partial charge in [0.1, 0.15) is 5.69 Å². The van der Waals surface area contributed by atoms with E-state index in [4.69, 9.17) is 0 Å². The first-order valence-corrected chi connectivity index (χ1v) is 9.97. The van der Waals surface area contributed by atoms with Gasteiger partial charge in [-0.1, -0.05) is 30.3 Å². The molecule has 0 unspecified atom stereocenters. The SMILES string of the molecule is CN(C)CCNC(=O)c1ccnc(C(=O)N2CCN(Cc3ccccc3)CC2)c1. The molecule has 1 N–H and O–H groups in total. The molecule has 2 aromatic rings. The van der Waals surface area contributed by atoms with Gasteiger partial charge in [-0.25, -0.2) is 0 Å². The number of aromatic nitrogens is 1. The Morgan fingerprint density at radius 3 is 2.48 bits per heavy atom. The summed E-state index contributed by atoms with van der Waals surface area (Å²) in [5.74, 6) is -0.303. The second kappa shape index (κ2) is 10.1. The lowest BCUT2D eigenvalue weighted by atomic mass is 10.1. The standard InChI is InChI=1S/C22H29N5O2/c1-25(2)11-10-24-21(28)19-8-9-23-20(16-19)22(29)27-14-12-26(13-15-27)17-18-6-4-3-5-7-18/h3-9,16H,10-15,17H2,1-2H3,(H,24,28). The van der Waals surface area contributed by atoms with Crippen LogP contribution in [0.1, 0.15) is 26.4 Å². The van der Waals surface area contributed by atoms with Gasteiger partial charge in [0.15, 0.2) is 0 Å². The van der Waals surface area contributed by atoms with Crippen molar-refractivity contribution in [2.75, 3.05) is 53.4 Å².